The lowest BCUT2D eigenvalue weighted by Gasteiger charge is -2.27. The molecule has 0 saturated carbocycles. The van der Waals surface area contributed by atoms with Gasteiger partial charge in [-0.25, -0.2) is 8.96 Å². The van der Waals surface area contributed by atoms with E-state index in [1.165, 1.54) is 48.4 Å². The number of halogens is 2. The van der Waals surface area contributed by atoms with E-state index in [1.807, 2.05) is 10.8 Å². The number of ether oxygens (including phenoxy) is 1. The molecule has 1 N–H and O–H groups in total. The number of benzene rings is 2. The van der Waals surface area contributed by atoms with E-state index in [9.17, 15) is 19.1 Å². The normalized spacial score (nSPS) is 17.5. The maximum Gasteiger partial charge on any atom is 0.295 e. The van der Waals surface area contributed by atoms with Crippen molar-refractivity contribution >= 4 is 29.1 Å². The number of methoxy groups -OCH3 is 1. The van der Waals surface area contributed by atoms with Gasteiger partial charge in [-0.1, -0.05) is 41.6 Å². The molecule has 0 spiro atoms. The smallest absolute Gasteiger partial charge is 0.295 e. The molecule has 0 bridgehead atoms. The first-order chi connectivity index (χ1) is 15.9. The molecule has 4 rings (SSSR count). The minimum absolute atomic E-state index is 0.0916. The third-order valence-electron chi connectivity index (χ3n) is 5.56. The predicted molar refractivity (Wildman–Crippen MR) is 116 cm³/mol. The Hall–Kier alpha value is -3.65. The first-order valence-electron chi connectivity index (χ1n) is 10.3. The zero-order valence-electron chi connectivity index (χ0n) is 17.8. The lowest BCUT2D eigenvalue weighted by Crippen LogP contribution is -2.36. The number of ketones is 1. The third kappa shape index (κ3) is 4.34. The lowest BCUT2D eigenvalue weighted by molar-refractivity contribution is -0.695. The fraction of sp³-hybridized carbons (Fsp3) is 0.208. The summed E-state index contributed by atoms with van der Waals surface area (Å²) in [6.07, 6.45) is 5.86. The molecule has 1 aromatic heterocycles. The van der Waals surface area contributed by atoms with Gasteiger partial charge in [0.15, 0.2) is 0 Å². The van der Waals surface area contributed by atoms with Gasteiger partial charge in [0.2, 0.25) is 12.1 Å². The monoisotopic (exact) mass is 469 g/mol. The van der Waals surface area contributed by atoms with Crippen molar-refractivity contribution in [2.75, 3.05) is 13.7 Å². The van der Waals surface area contributed by atoms with Crippen LogP contribution in [0.4, 0.5) is 4.39 Å². The Morgan fingerprint density at radius 1 is 1.27 bits per heavy atom. The number of carbonyl (C=O) groups is 2. The molecule has 1 amide bonds. The molecule has 1 aliphatic heterocycles. The molecule has 1 fully saturated rings. The quantitative estimate of drug-likeness (QED) is 0.249. The summed E-state index contributed by atoms with van der Waals surface area (Å²) in [5.41, 5.74) is -0.0856. The van der Waals surface area contributed by atoms with Gasteiger partial charge in [0.25, 0.3) is 5.91 Å². The van der Waals surface area contributed by atoms with E-state index < -0.39 is 29.3 Å². The number of carbonyl (C=O) groups excluding carboxylic acids is 2. The minimum atomic E-state index is -1.13. The van der Waals surface area contributed by atoms with Crippen molar-refractivity contribution in [3.05, 3.63) is 88.7 Å². The Morgan fingerprint density at radius 2 is 2.06 bits per heavy atom. The molecular weight excluding hydrogens is 449 g/mol. The van der Waals surface area contributed by atoms with E-state index in [4.69, 9.17) is 16.3 Å². The van der Waals surface area contributed by atoms with Crippen LogP contribution in [0.15, 0.2) is 66.8 Å². The van der Waals surface area contributed by atoms with Crippen LogP contribution in [0.2, 0.25) is 5.02 Å². The van der Waals surface area contributed by atoms with Crippen LogP contribution < -0.4 is 14.4 Å². The van der Waals surface area contributed by atoms with E-state index in [0.29, 0.717) is 18.7 Å². The molecule has 1 aliphatic rings. The highest BCUT2D eigenvalue weighted by molar-refractivity contribution is 6.46. The second-order valence-corrected chi connectivity index (χ2v) is 7.95. The molecule has 2 aromatic carbocycles. The summed E-state index contributed by atoms with van der Waals surface area (Å²) >= 11 is 6.16. The molecule has 0 radical (unpaired) electrons. The van der Waals surface area contributed by atoms with Crippen molar-refractivity contribution in [2.24, 2.45) is 0 Å². The standard InChI is InChI=1S/C24H21ClFN3O4/c1-33-19-8-7-15(13-17(19)25)22(30)20-21(16-5-2-3-6-18(16)26)29(24(32)23(20)31)11-4-10-28-12-9-27-14-28/h2-3,5-9,12-14,21H,4,10-11H2,1H3,(H,30,31). The predicted octanol–water partition coefficient (Wildman–Crippen LogP) is 2.42. The molecule has 1 unspecified atom stereocenters. The van der Waals surface area contributed by atoms with Gasteiger partial charge in [0.1, 0.15) is 24.0 Å². The number of aromatic nitrogens is 2. The molecule has 0 aliphatic carbocycles. The van der Waals surface area contributed by atoms with Gasteiger partial charge in [-0.15, -0.1) is 0 Å². The minimum Gasteiger partial charge on any atom is -0.872 e. The van der Waals surface area contributed by atoms with Crippen LogP contribution in [-0.4, -0.2) is 35.2 Å². The molecular formula is C24H21ClFN3O4. The fourth-order valence-electron chi connectivity index (χ4n) is 3.97. The summed E-state index contributed by atoms with van der Waals surface area (Å²) in [5, 5.41) is 13.6. The van der Waals surface area contributed by atoms with Gasteiger partial charge in [-0.2, -0.15) is 0 Å². The van der Waals surface area contributed by atoms with Gasteiger partial charge in [-0.05, 0) is 23.8 Å². The zero-order chi connectivity index (χ0) is 23.5. The van der Waals surface area contributed by atoms with Crippen molar-refractivity contribution in [1.82, 2.24) is 9.88 Å². The number of aromatic amines is 1. The van der Waals surface area contributed by atoms with Crippen LogP contribution in [0, 0.1) is 5.82 Å². The van der Waals surface area contributed by atoms with E-state index in [-0.39, 0.29) is 28.3 Å². The Balaban J connectivity index is 1.76. The first kappa shape index (κ1) is 22.5. The summed E-state index contributed by atoms with van der Waals surface area (Å²) < 4.78 is 21.8. The first-order valence-corrected chi connectivity index (χ1v) is 10.7. The van der Waals surface area contributed by atoms with E-state index in [2.05, 4.69) is 4.98 Å². The summed E-state index contributed by atoms with van der Waals surface area (Å²) in [6, 6.07) is 9.04. The maximum atomic E-state index is 14.8. The molecule has 170 valence electrons. The second-order valence-electron chi connectivity index (χ2n) is 7.55. The Morgan fingerprint density at radius 3 is 2.73 bits per heavy atom. The van der Waals surface area contributed by atoms with E-state index in [0.717, 1.165) is 0 Å². The zero-order valence-corrected chi connectivity index (χ0v) is 18.5. The molecule has 2 heterocycles. The van der Waals surface area contributed by atoms with Gasteiger partial charge in [0.05, 0.1) is 24.7 Å². The SMILES string of the molecule is COc1ccc(C([O-])=C2C(=O)C(=O)N(CCC[n+]3cc[nH]c3)C2c2ccccc2F)cc1Cl. The van der Waals surface area contributed by atoms with Crippen molar-refractivity contribution in [2.45, 2.75) is 19.0 Å². The van der Waals surface area contributed by atoms with Crippen molar-refractivity contribution in [3.63, 3.8) is 0 Å². The Bertz CT molecular complexity index is 1230. The Kier molecular flexibility index (Phi) is 6.46. The second kappa shape index (κ2) is 9.46. The van der Waals surface area contributed by atoms with Crippen LogP contribution in [0.1, 0.15) is 23.6 Å². The van der Waals surface area contributed by atoms with E-state index in [1.54, 1.807) is 18.6 Å². The average molecular weight is 470 g/mol. The van der Waals surface area contributed by atoms with Crippen molar-refractivity contribution in [3.8, 4) is 5.75 Å². The molecule has 7 nitrogen and oxygen atoms in total. The summed E-state index contributed by atoms with van der Waals surface area (Å²) in [7, 11) is 1.44. The maximum absolute atomic E-state index is 14.8. The van der Waals surface area contributed by atoms with Crippen LogP contribution in [0.25, 0.3) is 5.76 Å². The number of Topliss-reactive ketones (excluding diaryl/α,β-unsaturated/α-hetero) is 1. The number of H-pyrrole nitrogens is 1. The summed E-state index contributed by atoms with van der Waals surface area (Å²) in [4.78, 5) is 30.1. The molecule has 9 heteroatoms. The van der Waals surface area contributed by atoms with Crippen LogP contribution in [-0.2, 0) is 16.1 Å². The number of nitrogens with zero attached hydrogens (tertiary/aromatic N) is 2. The van der Waals surface area contributed by atoms with Gasteiger partial charge < -0.3 is 14.7 Å². The Labute approximate surface area is 194 Å². The highest BCUT2D eigenvalue weighted by atomic mass is 35.5. The summed E-state index contributed by atoms with van der Waals surface area (Å²) in [5.74, 6) is -2.68. The van der Waals surface area contributed by atoms with Crippen LogP contribution in [0.3, 0.4) is 0 Å². The number of nitrogens with one attached hydrogen (secondary N) is 1. The lowest BCUT2D eigenvalue weighted by atomic mass is 9.95. The number of rotatable bonds is 7. The van der Waals surface area contributed by atoms with E-state index >= 15 is 0 Å². The van der Waals surface area contributed by atoms with Crippen molar-refractivity contribution in [1.29, 1.82) is 0 Å². The molecule has 33 heavy (non-hydrogen) atoms. The van der Waals surface area contributed by atoms with Gasteiger partial charge >= 0.3 is 0 Å². The number of aryl methyl sites for hydroxylation is 1. The molecule has 3 aromatic rings. The third-order valence-corrected chi connectivity index (χ3v) is 5.86. The highest BCUT2D eigenvalue weighted by Crippen LogP contribution is 2.40. The average Bonchev–Trinajstić information content (AvgIpc) is 3.41. The number of hydrogen-bond donors (Lipinski definition) is 1. The van der Waals surface area contributed by atoms with Crippen molar-refractivity contribution < 1.29 is 28.4 Å². The number of hydrogen-bond acceptors (Lipinski definition) is 4. The number of amides is 1. The van der Waals surface area contributed by atoms with Crippen LogP contribution >= 0.6 is 11.6 Å². The fourth-order valence-corrected chi connectivity index (χ4v) is 4.23. The number of likely N-dealkylation sites (tertiary alicyclic amines) is 1. The van der Waals surface area contributed by atoms with Gasteiger partial charge in [0, 0.05) is 24.1 Å². The van der Waals surface area contributed by atoms with Gasteiger partial charge in [-0.3, -0.25) is 14.6 Å². The largest absolute Gasteiger partial charge is 0.872 e. The molecule has 1 saturated heterocycles. The molecule has 1 atom stereocenters. The highest BCUT2D eigenvalue weighted by Gasteiger charge is 2.44. The van der Waals surface area contributed by atoms with Crippen LogP contribution in [0.5, 0.6) is 5.75 Å². The summed E-state index contributed by atoms with van der Waals surface area (Å²) in [6.45, 7) is 0.741. The number of imidazole rings is 1. The topological polar surface area (TPSA) is 89.3 Å².